The second-order valence-corrected chi connectivity index (χ2v) is 5.85. The van der Waals surface area contributed by atoms with Crippen molar-refractivity contribution in [3.63, 3.8) is 0 Å². The lowest BCUT2D eigenvalue weighted by atomic mass is 9.90. The number of aryl methyl sites for hydroxylation is 2. The Morgan fingerprint density at radius 1 is 1.17 bits per heavy atom. The Morgan fingerprint density at radius 3 is 2.56 bits per heavy atom. The fourth-order valence-corrected chi connectivity index (χ4v) is 3.11. The van der Waals surface area contributed by atoms with Gasteiger partial charge in [-0.2, -0.15) is 0 Å². The molecule has 0 radical (unpaired) electrons. The van der Waals surface area contributed by atoms with Crippen LogP contribution in [0.4, 0.5) is 0 Å². The van der Waals surface area contributed by atoms with E-state index in [-0.39, 0.29) is 6.10 Å². The van der Waals surface area contributed by atoms with Gasteiger partial charge in [0.05, 0.1) is 6.10 Å². The standard InChI is InChI=1S/C17H26O/c1-14-7-6-8-15(13-14)11-12-17(18)16-9-4-2-3-5-10-16/h6-8,13,16-18H,2-5,9-12H2,1H3. The molecule has 1 unspecified atom stereocenters. The van der Waals surface area contributed by atoms with Crippen molar-refractivity contribution in [1.82, 2.24) is 0 Å². The molecule has 0 bridgehead atoms. The van der Waals surface area contributed by atoms with Crippen molar-refractivity contribution < 1.29 is 5.11 Å². The molecule has 0 aromatic heterocycles. The van der Waals surface area contributed by atoms with E-state index in [2.05, 4.69) is 31.2 Å². The maximum Gasteiger partial charge on any atom is 0.0571 e. The lowest BCUT2D eigenvalue weighted by Crippen LogP contribution is -2.20. The third kappa shape index (κ3) is 4.13. The van der Waals surface area contributed by atoms with E-state index < -0.39 is 0 Å². The van der Waals surface area contributed by atoms with Crippen LogP contribution < -0.4 is 0 Å². The molecule has 1 nitrogen and oxygen atoms in total. The van der Waals surface area contributed by atoms with Gasteiger partial charge in [0.2, 0.25) is 0 Å². The van der Waals surface area contributed by atoms with E-state index in [0.717, 1.165) is 12.8 Å². The lowest BCUT2D eigenvalue weighted by Gasteiger charge is -2.21. The Bertz CT molecular complexity index is 350. The minimum atomic E-state index is -0.0939. The number of rotatable bonds is 4. The van der Waals surface area contributed by atoms with Gasteiger partial charge in [0.25, 0.3) is 0 Å². The molecule has 2 rings (SSSR count). The van der Waals surface area contributed by atoms with Crippen LogP contribution in [0.3, 0.4) is 0 Å². The van der Waals surface area contributed by atoms with Gasteiger partial charge >= 0.3 is 0 Å². The molecule has 1 fully saturated rings. The first-order valence-corrected chi connectivity index (χ1v) is 7.49. The van der Waals surface area contributed by atoms with Crippen molar-refractivity contribution in [2.45, 2.75) is 64.4 Å². The number of hydrogen-bond donors (Lipinski definition) is 1. The quantitative estimate of drug-likeness (QED) is 0.787. The average Bonchev–Trinajstić information content (AvgIpc) is 2.65. The molecule has 1 aliphatic carbocycles. The van der Waals surface area contributed by atoms with Crippen LogP contribution >= 0.6 is 0 Å². The first kappa shape index (κ1) is 13.6. The molecule has 1 heteroatoms. The van der Waals surface area contributed by atoms with E-state index in [1.807, 2.05) is 0 Å². The summed E-state index contributed by atoms with van der Waals surface area (Å²) in [5.74, 6) is 0.553. The van der Waals surface area contributed by atoms with Crippen molar-refractivity contribution in [2.75, 3.05) is 0 Å². The number of aliphatic hydroxyl groups is 1. The maximum atomic E-state index is 10.3. The predicted molar refractivity (Wildman–Crippen MR) is 76.7 cm³/mol. The van der Waals surface area contributed by atoms with Crippen LogP contribution in [0, 0.1) is 12.8 Å². The molecule has 100 valence electrons. The van der Waals surface area contributed by atoms with Gasteiger partial charge in [-0.1, -0.05) is 55.5 Å². The lowest BCUT2D eigenvalue weighted by molar-refractivity contribution is 0.0904. The highest BCUT2D eigenvalue weighted by atomic mass is 16.3. The minimum absolute atomic E-state index is 0.0939. The van der Waals surface area contributed by atoms with E-state index in [0.29, 0.717) is 5.92 Å². The highest BCUT2D eigenvalue weighted by Gasteiger charge is 2.20. The molecule has 1 N–H and O–H groups in total. The highest BCUT2D eigenvalue weighted by Crippen LogP contribution is 2.27. The fraction of sp³-hybridized carbons (Fsp3) is 0.647. The number of benzene rings is 1. The van der Waals surface area contributed by atoms with Crippen LogP contribution in [0.1, 0.15) is 56.1 Å². The van der Waals surface area contributed by atoms with Crippen molar-refractivity contribution in [2.24, 2.45) is 5.92 Å². The molecule has 1 aromatic carbocycles. The third-order valence-corrected chi connectivity index (χ3v) is 4.26. The van der Waals surface area contributed by atoms with Gasteiger partial charge < -0.3 is 5.11 Å². The zero-order chi connectivity index (χ0) is 12.8. The van der Waals surface area contributed by atoms with Crippen molar-refractivity contribution in [1.29, 1.82) is 0 Å². The van der Waals surface area contributed by atoms with Crippen LogP contribution in [0.5, 0.6) is 0 Å². The Labute approximate surface area is 111 Å². The van der Waals surface area contributed by atoms with Gasteiger partial charge in [0, 0.05) is 0 Å². The number of aliphatic hydroxyl groups excluding tert-OH is 1. The largest absolute Gasteiger partial charge is 0.393 e. The Hall–Kier alpha value is -0.820. The van der Waals surface area contributed by atoms with Crippen molar-refractivity contribution >= 4 is 0 Å². The maximum absolute atomic E-state index is 10.3. The van der Waals surface area contributed by atoms with E-state index in [4.69, 9.17) is 0 Å². The normalized spacial score (nSPS) is 19.4. The SMILES string of the molecule is Cc1cccc(CCC(O)C2CCCCCC2)c1. The van der Waals surface area contributed by atoms with Crippen molar-refractivity contribution in [3.05, 3.63) is 35.4 Å². The Morgan fingerprint density at radius 2 is 1.89 bits per heavy atom. The fourth-order valence-electron chi connectivity index (χ4n) is 3.11. The molecule has 1 aromatic rings. The summed E-state index contributed by atoms with van der Waals surface area (Å²) in [6.45, 7) is 2.13. The van der Waals surface area contributed by atoms with Crippen LogP contribution in [0.15, 0.2) is 24.3 Å². The molecule has 0 amide bonds. The van der Waals surface area contributed by atoms with Crippen LogP contribution in [-0.2, 0) is 6.42 Å². The van der Waals surface area contributed by atoms with E-state index in [9.17, 15) is 5.11 Å². The second kappa shape index (κ2) is 6.94. The smallest absolute Gasteiger partial charge is 0.0571 e. The van der Waals surface area contributed by atoms with Gasteiger partial charge in [0.15, 0.2) is 0 Å². The topological polar surface area (TPSA) is 20.2 Å². The van der Waals surface area contributed by atoms with Crippen LogP contribution in [-0.4, -0.2) is 11.2 Å². The zero-order valence-corrected chi connectivity index (χ0v) is 11.6. The summed E-state index contributed by atoms with van der Waals surface area (Å²) in [7, 11) is 0. The zero-order valence-electron chi connectivity index (χ0n) is 11.6. The molecule has 0 saturated heterocycles. The third-order valence-electron chi connectivity index (χ3n) is 4.26. The first-order chi connectivity index (χ1) is 8.75. The Kier molecular flexibility index (Phi) is 5.25. The van der Waals surface area contributed by atoms with Crippen LogP contribution in [0.25, 0.3) is 0 Å². The van der Waals surface area contributed by atoms with Gasteiger partial charge in [0.1, 0.15) is 0 Å². The molecule has 0 aliphatic heterocycles. The molecule has 1 saturated carbocycles. The second-order valence-electron chi connectivity index (χ2n) is 5.85. The van der Waals surface area contributed by atoms with Gasteiger partial charge in [-0.3, -0.25) is 0 Å². The summed E-state index contributed by atoms with van der Waals surface area (Å²) in [5, 5.41) is 10.3. The Balaban J connectivity index is 1.81. The molecular weight excluding hydrogens is 220 g/mol. The minimum Gasteiger partial charge on any atom is -0.393 e. The van der Waals surface area contributed by atoms with Gasteiger partial charge in [-0.25, -0.2) is 0 Å². The first-order valence-electron chi connectivity index (χ1n) is 7.49. The summed E-state index contributed by atoms with van der Waals surface area (Å²) >= 11 is 0. The summed E-state index contributed by atoms with van der Waals surface area (Å²) in [6.07, 6.45) is 9.65. The summed E-state index contributed by atoms with van der Waals surface area (Å²) in [6, 6.07) is 8.65. The van der Waals surface area contributed by atoms with Crippen LogP contribution in [0.2, 0.25) is 0 Å². The number of hydrogen-bond acceptors (Lipinski definition) is 1. The monoisotopic (exact) mass is 246 g/mol. The van der Waals surface area contributed by atoms with Crippen molar-refractivity contribution in [3.8, 4) is 0 Å². The summed E-state index contributed by atoms with van der Waals surface area (Å²) in [5.41, 5.74) is 2.68. The average molecular weight is 246 g/mol. The predicted octanol–water partition coefficient (Wildman–Crippen LogP) is 4.26. The molecule has 0 heterocycles. The summed E-state index contributed by atoms with van der Waals surface area (Å²) in [4.78, 5) is 0. The van der Waals surface area contributed by atoms with E-state index in [1.165, 1.54) is 49.7 Å². The van der Waals surface area contributed by atoms with Gasteiger partial charge in [-0.05, 0) is 44.1 Å². The van der Waals surface area contributed by atoms with Gasteiger partial charge in [-0.15, -0.1) is 0 Å². The molecule has 1 atom stereocenters. The molecule has 0 spiro atoms. The molecular formula is C17H26O. The molecule has 1 aliphatic rings. The highest BCUT2D eigenvalue weighted by molar-refractivity contribution is 5.22. The van der Waals surface area contributed by atoms with E-state index in [1.54, 1.807) is 0 Å². The van der Waals surface area contributed by atoms with E-state index >= 15 is 0 Å². The summed E-state index contributed by atoms with van der Waals surface area (Å²) < 4.78 is 0. The molecule has 18 heavy (non-hydrogen) atoms.